The zero-order valence-electron chi connectivity index (χ0n) is 24.9. The Morgan fingerprint density at radius 3 is 2.31 bits per heavy atom. The van der Waals surface area contributed by atoms with E-state index in [4.69, 9.17) is 9.47 Å². The molecule has 2 aliphatic heterocycles. The fourth-order valence-electron chi connectivity index (χ4n) is 4.77. The van der Waals surface area contributed by atoms with Gasteiger partial charge < -0.3 is 19.7 Å². The molecule has 0 bridgehead atoms. The first-order chi connectivity index (χ1) is 20.2. The minimum absolute atomic E-state index is 0.130. The summed E-state index contributed by atoms with van der Waals surface area (Å²) in [6.07, 6.45) is 4.00. The summed E-state index contributed by atoms with van der Waals surface area (Å²) >= 11 is 0. The number of rotatable bonds is 10. The average molecular weight is 582 g/mol. The van der Waals surface area contributed by atoms with Gasteiger partial charge in [0.15, 0.2) is 0 Å². The summed E-state index contributed by atoms with van der Waals surface area (Å²) in [6.45, 7) is 12.2. The van der Waals surface area contributed by atoms with E-state index in [9.17, 15) is 14.4 Å². The molecule has 228 valence electrons. The number of carbonyl (C=O) groups is 3. The van der Waals surface area contributed by atoms with E-state index in [1.165, 1.54) is 0 Å². The first-order valence-electron chi connectivity index (χ1n) is 14.6. The number of aromatic nitrogens is 1. The van der Waals surface area contributed by atoms with Gasteiger partial charge in [-0.1, -0.05) is 18.2 Å². The molecule has 0 atom stereocenters. The second kappa shape index (κ2) is 14.9. The molecule has 1 aromatic carbocycles. The van der Waals surface area contributed by atoms with Crippen molar-refractivity contribution in [1.29, 1.82) is 0 Å². The Morgan fingerprint density at radius 2 is 1.67 bits per heavy atom. The molecule has 2 saturated heterocycles. The van der Waals surface area contributed by atoms with Crippen molar-refractivity contribution in [3.8, 4) is 0 Å². The molecule has 2 aliphatic rings. The molecule has 4 amide bonds. The SMILES string of the molecule is CC(C)(C)OC(=O)Nc1ccccc1NC(=O)c1ccc(CN(CCCN2CCOCC2)C(=O)NN2CCCC2)cn1. The van der Waals surface area contributed by atoms with Crippen LogP contribution in [0.2, 0.25) is 0 Å². The first kappa shape index (κ1) is 31.2. The third kappa shape index (κ3) is 9.97. The number of urea groups is 1. The number of nitrogens with one attached hydrogen (secondary N) is 3. The number of hydrogen-bond donors (Lipinski definition) is 3. The highest BCUT2D eigenvalue weighted by Crippen LogP contribution is 2.23. The highest BCUT2D eigenvalue weighted by molar-refractivity contribution is 6.05. The standard InChI is InChI=1S/C30H43N7O5/c1-30(2,3)42-29(40)33-25-10-5-4-9-24(25)32-27(38)26-12-11-23(21-31-26)22-36(28(39)34-37-15-6-7-16-37)14-8-13-35-17-19-41-20-18-35/h4-5,9-12,21H,6-8,13-20,22H2,1-3H3,(H,32,38)(H,33,40)(H,34,39). The Bertz CT molecular complexity index is 1190. The van der Waals surface area contributed by atoms with Crippen LogP contribution in [0.15, 0.2) is 42.6 Å². The van der Waals surface area contributed by atoms with Gasteiger partial charge >= 0.3 is 12.1 Å². The van der Waals surface area contributed by atoms with Gasteiger partial charge in [-0.15, -0.1) is 0 Å². The van der Waals surface area contributed by atoms with Crippen molar-refractivity contribution < 1.29 is 23.9 Å². The normalized spacial score (nSPS) is 16.1. The molecule has 0 unspecified atom stereocenters. The average Bonchev–Trinajstić information content (AvgIpc) is 3.46. The van der Waals surface area contributed by atoms with E-state index in [1.807, 2.05) is 11.1 Å². The number of hydrogen-bond acceptors (Lipinski definition) is 8. The fourth-order valence-corrected chi connectivity index (χ4v) is 4.77. The Kier molecular flexibility index (Phi) is 11.1. The van der Waals surface area contributed by atoms with Crippen LogP contribution in [-0.4, -0.2) is 95.9 Å². The molecule has 0 aliphatic carbocycles. The molecule has 2 aromatic rings. The van der Waals surface area contributed by atoms with Gasteiger partial charge in [0.1, 0.15) is 11.3 Å². The van der Waals surface area contributed by atoms with Gasteiger partial charge in [0.05, 0.1) is 24.6 Å². The lowest BCUT2D eigenvalue weighted by Gasteiger charge is -2.29. The van der Waals surface area contributed by atoms with Gasteiger partial charge in [-0.2, -0.15) is 0 Å². The van der Waals surface area contributed by atoms with E-state index in [0.29, 0.717) is 24.5 Å². The molecule has 0 saturated carbocycles. The second-order valence-corrected chi connectivity index (χ2v) is 11.5. The number of pyridine rings is 1. The van der Waals surface area contributed by atoms with Crippen LogP contribution in [0.5, 0.6) is 0 Å². The molecule has 12 heteroatoms. The van der Waals surface area contributed by atoms with Crippen LogP contribution in [0.3, 0.4) is 0 Å². The van der Waals surface area contributed by atoms with E-state index >= 15 is 0 Å². The van der Waals surface area contributed by atoms with E-state index in [0.717, 1.165) is 70.8 Å². The van der Waals surface area contributed by atoms with Crippen LogP contribution >= 0.6 is 0 Å². The van der Waals surface area contributed by atoms with Gasteiger partial charge in [0, 0.05) is 52.0 Å². The molecule has 0 radical (unpaired) electrons. The summed E-state index contributed by atoms with van der Waals surface area (Å²) in [4.78, 5) is 46.9. The minimum Gasteiger partial charge on any atom is -0.444 e. The largest absolute Gasteiger partial charge is 0.444 e. The zero-order valence-corrected chi connectivity index (χ0v) is 24.9. The lowest BCUT2D eigenvalue weighted by molar-refractivity contribution is 0.0363. The number of carbonyl (C=O) groups excluding carboxylic acids is 3. The molecule has 12 nitrogen and oxygen atoms in total. The van der Waals surface area contributed by atoms with Crippen molar-refractivity contribution in [3.05, 3.63) is 53.9 Å². The number of nitrogens with zero attached hydrogens (tertiary/aromatic N) is 4. The van der Waals surface area contributed by atoms with Gasteiger partial charge in [-0.3, -0.25) is 25.4 Å². The maximum Gasteiger partial charge on any atom is 0.412 e. The Hall–Kier alpha value is -3.74. The Morgan fingerprint density at radius 1 is 0.976 bits per heavy atom. The topological polar surface area (TPSA) is 128 Å². The van der Waals surface area contributed by atoms with E-state index in [-0.39, 0.29) is 11.7 Å². The third-order valence-corrected chi connectivity index (χ3v) is 6.89. The monoisotopic (exact) mass is 581 g/mol. The van der Waals surface area contributed by atoms with Crippen molar-refractivity contribution in [3.63, 3.8) is 0 Å². The van der Waals surface area contributed by atoms with Crippen LogP contribution in [0.1, 0.15) is 56.1 Å². The number of para-hydroxylation sites is 2. The first-order valence-corrected chi connectivity index (χ1v) is 14.6. The maximum absolute atomic E-state index is 13.2. The summed E-state index contributed by atoms with van der Waals surface area (Å²) in [5.74, 6) is -0.422. The fraction of sp³-hybridized carbons (Fsp3) is 0.533. The lowest BCUT2D eigenvalue weighted by Crippen LogP contribution is -2.48. The molecule has 42 heavy (non-hydrogen) atoms. The van der Waals surface area contributed by atoms with E-state index < -0.39 is 17.6 Å². The van der Waals surface area contributed by atoms with Crippen LogP contribution in [0.4, 0.5) is 21.0 Å². The smallest absolute Gasteiger partial charge is 0.412 e. The number of ether oxygens (including phenoxy) is 2. The summed E-state index contributed by atoms with van der Waals surface area (Å²) < 4.78 is 10.8. The van der Waals surface area contributed by atoms with Crippen molar-refractivity contribution in [2.45, 2.75) is 52.2 Å². The predicted molar refractivity (Wildman–Crippen MR) is 160 cm³/mol. The highest BCUT2D eigenvalue weighted by atomic mass is 16.6. The summed E-state index contributed by atoms with van der Waals surface area (Å²) in [5, 5.41) is 7.45. The Labute approximate surface area is 247 Å². The molecular formula is C30H43N7O5. The quantitative estimate of drug-likeness (QED) is 0.385. The van der Waals surface area contributed by atoms with Crippen molar-refractivity contribution in [2.24, 2.45) is 0 Å². The number of amides is 4. The van der Waals surface area contributed by atoms with Gasteiger partial charge in [0.25, 0.3) is 5.91 Å². The zero-order chi connectivity index (χ0) is 30.0. The predicted octanol–water partition coefficient (Wildman–Crippen LogP) is 3.93. The second-order valence-electron chi connectivity index (χ2n) is 11.5. The molecular weight excluding hydrogens is 538 g/mol. The van der Waals surface area contributed by atoms with E-state index in [2.05, 4.69) is 25.9 Å². The van der Waals surface area contributed by atoms with Gasteiger partial charge in [0.2, 0.25) is 0 Å². The lowest BCUT2D eigenvalue weighted by atomic mass is 10.2. The molecule has 0 spiro atoms. The molecule has 1 aromatic heterocycles. The van der Waals surface area contributed by atoms with Crippen molar-refractivity contribution >= 4 is 29.4 Å². The van der Waals surface area contributed by atoms with Crippen LogP contribution < -0.4 is 16.1 Å². The van der Waals surface area contributed by atoms with Crippen LogP contribution in [0.25, 0.3) is 0 Å². The summed E-state index contributed by atoms with van der Waals surface area (Å²) in [7, 11) is 0. The number of anilines is 2. The third-order valence-electron chi connectivity index (χ3n) is 6.89. The molecule has 2 fully saturated rings. The number of morpholine rings is 1. The minimum atomic E-state index is -0.652. The van der Waals surface area contributed by atoms with E-state index in [1.54, 1.807) is 62.2 Å². The van der Waals surface area contributed by atoms with Crippen LogP contribution in [0, 0.1) is 0 Å². The van der Waals surface area contributed by atoms with Gasteiger partial charge in [-0.05, 0) is 63.8 Å². The maximum atomic E-state index is 13.2. The molecule has 3 heterocycles. The number of hydrazine groups is 1. The Balaban J connectivity index is 1.36. The van der Waals surface area contributed by atoms with Crippen molar-refractivity contribution in [2.75, 3.05) is 63.1 Å². The summed E-state index contributed by atoms with van der Waals surface area (Å²) in [5.41, 5.74) is 4.25. The molecule has 4 rings (SSSR count). The highest BCUT2D eigenvalue weighted by Gasteiger charge is 2.21. The van der Waals surface area contributed by atoms with Gasteiger partial charge in [-0.25, -0.2) is 14.6 Å². The van der Waals surface area contributed by atoms with Crippen molar-refractivity contribution in [1.82, 2.24) is 25.2 Å². The van der Waals surface area contributed by atoms with Crippen LogP contribution in [-0.2, 0) is 16.0 Å². The summed E-state index contributed by atoms with van der Waals surface area (Å²) in [6, 6.07) is 10.2. The molecule has 3 N–H and O–H groups in total. The number of benzene rings is 1.